The monoisotopic (exact) mass is 214 g/mol. The van der Waals surface area contributed by atoms with E-state index in [1.807, 2.05) is 6.92 Å². The van der Waals surface area contributed by atoms with Crippen molar-refractivity contribution in [2.75, 3.05) is 6.54 Å². The number of carboxylic acids is 1. The van der Waals surface area contributed by atoms with Gasteiger partial charge >= 0.3 is 5.97 Å². The van der Waals surface area contributed by atoms with Crippen LogP contribution in [0.3, 0.4) is 0 Å². The van der Waals surface area contributed by atoms with E-state index < -0.39 is 11.4 Å². The summed E-state index contributed by atoms with van der Waals surface area (Å²) < 4.78 is 0. The zero-order valence-corrected chi connectivity index (χ0v) is 8.95. The molecule has 0 radical (unpaired) electrons. The Balaban J connectivity index is 2.45. The quantitative estimate of drug-likeness (QED) is 0.584. The van der Waals surface area contributed by atoms with Gasteiger partial charge in [-0.3, -0.25) is 9.59 Å². The number of aliphatic carboxylic acids is 1. The third-order valence-corrected chi connectivity index (χ3v) is 2.97. The van der Waals surface area contributed by atoms with E-state index in [0.717, 1.165) is 12.8 Å². The number of hydrogen-bond donors (Lipinski definition) is 3. The molecule has 1 fully saturated rings. The second-order valence-electron chi connectivity index (χ2n) is 4.16. The van der Waals surface area contributed by atoms with Crippen molar-refractivity contribution < 1.29 is 14.7 Å². The molecule has 0 saturated heterocycles. The molecule has 1 amide bonds. The third kappa shape index (κ3) is 2.92. The largest absolute Gasteiger partial charge is 0.481 e. The predicted octanol–water partition coefficient (Wildman–Crippen LogP) is 0.0948. The maximum absolute atomic E-state index is 11.7. The van der Waals surface area contributed by atoms with Gasteiger partial charge in [0.15, 0.2) is 0 Å². The molecule has 4 N–H and O–H groups in total. The highest BCUT2D eigenvalue weighted by atomic mass is 16.4. The predicted molar refractivity (Wildman–Crippen MR) is 55.2 cm³/mol. The van der Waals surface area contributed by atoms with Crippen LogP contribution in [0.4, 0.5) is 0 Å². The summed E-state index contributed by atoms with van der Waals surface area (Å²) in [5.41, 5.74) is 5.11. The Morgan fingerprint density at radius 3 is 2.47 bits per heavy atom. The van der Waals surface area contributed by atoms with Crippen molar-refractivity contribution in [3.63, 3.8) is 0 Å². The second-order valence-corrected chi connectivity index (χ2v) is 4.16. The Bertz CT molecular complexity index is 261. The second kappa shape index (κ2) is 4.61. The smallest absolute Gasteiger partial charge is 0.305 e. The molecule has 0 aromatic heterocycles. The number of amides is 1. The summed E-state index contributed by atoms with van der Waals surface area (Å²) in [4.78, 5) is 22.2. The Labute approximate surface area is 89.0 Å². The van der Waals surface area contributed by atoms with Gasteiger partial charge in [-0.2, -0.15) is 0 Å². The summed E-state index contributed by atoms with van der Waals surface area (Å²) in [5, 5.41) is 11.4. The Hall–Kier alpha value is -1.10. The molecule has 0 heterocycles. The zero-order valence-electron chi connectivity index (χ0n) is 8.95. The maximum atomic E-state index is 11.7. The summed E-state index contributed by atoms with van der Waals surface area (Å²) in [6.45, 7) is 2.21. The minimum Gasteiger partial charge on any atom is -0.481 e. The van der Waals surface area contributed by atoms with Crippen molar-refractivity contribution in [2.24, 2.45) is 11.1 Å². The minimum atomic E-state index is -0.889. The lowest BCUT2D eigenvalue weighted by Gasteiger charge is -2.19. The summed E-state index contributed by atoms with van der Waals surface area (Å²) in [5.74, 6) is -0.974. The number of carboxylic acid groups (broad SMARTS) is 1. The lowest BCUT2D eigenvalue weighted by Crippen LogP contribution is -2.43. The van der Waals surface area contributed by atoms with Gasteiger partial charge in [0.05, 0.1) is 11.8 Å². The Morgan fingerprint density at radius 1 is 1.53 bits per heavy atom. The first-order valence-corrected chi connectivity index (χ1v) is 5.27. The van der Waals surface area contributed by atoms with E-state index in [4.69, 9.17) is 10.8 Å². The first-order valence-electron chi connectivity index (χ1n) is 5.27. The molecular weight excluding hydrogens is 196 g/mol. The molecule has 1 atom stereocenters. The normalized spacial score (nSPS) is 19.3. The van der Waals surface area contributed by atoms with E-state index in [1.165, 1.54) is 0 Å². The maximum Gasteiger partial charge on any atom is 0.305 e. The average Bonchev–Trinajstić information content (AvgIpc) is 2.96. The van der Waals surface area contributed by atoms with Crippen LogP contribution in [0, 0.1) is 5.41 Å². The fourth-order valence-corrected chi connectivity index (χ4v) is 1.52. The van der Waals surface area contributed by atoms with Crippen molar-refractivity contribution >= 4 is 11.9 Å². The van der Waals surface area contributed by atoms with Crippen molar-refractivity contribution in [1.29, 1.82) is 0 Å². The van der Waals surface area contributed by atoms with Gasteiger partial charge in [0.2, 0.25) is 5.91 Å². The summed E-state index contributed by atoms with van der Waals surface area (Å²) in [6.07, 6.45) is 2.24. The number of nitrogens with two attached hydrogens (primary N) is 1. The summed E-state index contributed by atoms with van der Waals surface area (Å²) in [7, 11) is 0. The first kappa shape index (κ1) is 12.0. The van der Waals surface area contributed by atoms with Crippen LogP contribution in [-0.2, 0) is 9.59 Å². The third-order valence-electron chi connectivity index (χ3n) is 2.97. The molecule has 1 unspecified atom stereocenters. The van der Waals surface area contributed by atoms with E-state index >= 15 is 0 Å². The van der Waals surface area contributed by atoms with Crippen LogP contribution in [0.15, 0.2) is 0 Å². The van der Waals surface area contributed by atoms with Gasteiger partial charge in [-0.1, -0.05) is 6.92 Å². The minimum absolute atomic E-state index is 0.0249. The van der Waals surface area contributed by atoms with Crippen molar-refractivity contribution in [2.45, 2.75) is 38.6 Å². The molecular formula is C10H18N2O3. The van der Waals surface area contributed by atoms with Crippen molar-refractivity contribution in [3.05, 3.63) is 0 Å². The zero-order chi connectivity index (χ0) is 11.5. The van der Waals surface area contributed by atoms with Gasteiger partial charge in [-0.15, -0.1) is 0 Å². The SMILES string of the molecule is CCC(CC(=O)O)NC(=O)C1(CN)CC1. The Morgan fingerprint density at radius 2 is 2.13 bits per heavy atom. The molecule has 0 aromatic rings. The van der Waals surface area contributed by atoms with E-state index in [-0.39, 0.29) is 18.4 Å². The fourth-order valence-electron chi connectivity index (χ4n) is 1.52. The molecule has 0 spiro atoms. The molecule has 0 aliphatic heterocycles. The average molecular weight is 214 g/mol. The molecule has 1 aliphatic rings. The van der Waals surface area contributed by atoms with Gasteiger partial charge in [-0.05, 0) is 19.3 Å². The number of rotatable bonds is 6. The first-order chi connectivity index (χ1) is 7.04. The highest BCUT2D eigenvalue weighted by molar-refractivity contribution is 5.86. The summed E-state index contributed by atoms with van der Waals surface area (Å²) >= 11 is 0. The topological polar surface area (TPSA) is 92.4 Å². The standard InChI is InChI=1S/C10H18N2O3/c1-2-7(5-8(13)14)12-9(15)10(6-11)3-4-10/h7H,2-6,11H2,1H3,(H,12,15)(H,13,14). The molecule has 1 rings (SSSR count). The molecule has 1 aliphatic carbocycles. The van der Waals surface area contributed by atoms with E-state index in [2.05, 4.69) is 5.32 Å². The highest BCUT2D eigenvalue weighted by Crippen LogP contribution is 2.44. The molecule has 0 aromatic carbocycles. The molecule has 86 valence electrons. The van der Waals surface area contributed by atoms with Gasteiger partial charge in [0, 0.05) is 12.6 Å². The van der Waals surface area contributed by atoms with Crippen molar-refractivity contribution in [1.82, 2.24) is 5.32 Å². The molecule has 15 heavy (non-hydrogen) atoms. The van der Waals surface area contributed by atoms with Crippen LogP contribution < -0.4 is 11.1 Å². The van der Waals surface area contributed by atoms with Crippen LogP contribution in [0.25, 0.3) is 0 Å². The number of carbonyl (C=O) groups is 2. The van der Waals surface area contributed by atoms with Crippen LogP contribution in [0.5, 0.6) is 0 Å². The van der Waals surface area contributed by atoms with Gasteiger partial charge in [0.25, 0.3) is 0 Å². The van der Waals surface area contributed by atoms with Crippen LogP contribution in [-0.4, -0.2) is 29.6 Å². The number of hydrogen-bond acceptors (Lipinski definition) is 3. The number of nitrogens with one attached hydrogen (secondary N) is 1. The van der Waals surface area contributed by atoms with E-state index in [1.54, 1.807) is 0 Å². The molecule has 0 bridgehead atoms. The van der Waals surface area contributed by atoms with Gasteiger partial charge in [-0.25, -0.2) is 0 Å². The van der Waals surface area contributed by atoms with Gasteiger partial charge in [0.1, 0.15) is 0 Å². The Kier molecular flexibility index (Phi) is 3.68. The highest BCUT2D eigenvalue weighted by Gasteiger charge is 2.48. The lowest BCUT2D eigenvalue weighted by molar-refractivity contribution is -0.138. The van der Waals surface area contributed by atoms with Crippen LogP contribution in [0.2, 0.25) is 0 Å². The van der Waals surface area contributed by atoms with Crippen LogP contribution in [0.1, 0.15) is 32.6 Å². The van der Waals surface area contributed by atoms with Crippen LogP contribution >= 0.6 is 0 Å². The molecule has 1 saturated carbocycles. The number of carbonyl (C=O) groups excluding carboxylic acids is 1. The van der Waals surface area contributed by atoms with Gasteiger partial charge < -0.3 is 16.2 Å². The fraction of sp³-hybridized carbons (Fsp3) is 0.800. The van der Waals surface area contributed by atoms with E-state index in [0.29, 0.717) is 13.0 Å². The molecule has 5 heteroatoms. The summed E-state index contributed by atoms with van der Waals surface area (Å²) in [6, 6.07) is -0.279. The lowest BCUT2D eigenvalue weighted by atomic mass is 10.0. The van der Waals surface area contributed by atoms with E-state index in [9.17, 15) is 9.59 Å². The van der Waals surface area contributed by atoms with Crippen molar-refractivity contribution in [3.8, 4) is 0 Å². The molecule has 5 nitrogen and oxygen atoms in total.